The van der Waals surface area contributed by atoms with Crippen LogP contribution in [0.2, 0.25) is 0 Å². The molecule has 0 aliphatic rings. The molecule has 4 nitrogen and oxygen atoms in total. The lowest BCUT2D eigenvalue weighted by Crippen LogP contribution is -2.11. The summed E-state index contributed by atoms with van der Waals surface area (Å²) in [4.78, 5) is 22.2. The lowest BCUT2D eigenvalue weighted by Gasteiger charge is -2.13. The Labute approximate surface area is 239 Å². The van der Waals surface area contributed by atoms with Gasteiger partial charge in [-0.1, -0.05) is 73.8 Å². The second-order valence-corrected chi connectivity index (χ2v) is 9.76. The molecule has 3 aromatic carbocycles. The molecule has 0 atom stereocenters. The third-order valence-corrected chi connectivity index (χ3v) is 6.51. The first-order valence-corrected chi connectivity index (χ1v) is 13.6. The second kappa shape index (κ2) is 15.6. The van der Waals surface area contributed by atoms with E-state index in [2.05, 4.69) is 13.2 Å². The fourth-order valence-electron chi connectivity index (χ4n) is 4.41. The molecule has 0 unspecified atom stereocenters. The smallest absolute Gasteiger partial charge is 0.393 e. The number of hydrogen-bond acceptors (Lipinski definition) is 4. The molecule has 0 heterocycles. The van der Waals surface area contributed by atoms with Gasteiger partial charge < -0.3 is 9.47 Å². The molecule has 3 rings (SSSR count). The van der Waals surface area contributed by atoms with E-state index < -0.39 is 24.5 Å². The topological polar surface area (TPSA) is 52.6 Å². The molecule has 0 saturated carbocycles. The van der Waals surface area contributed by atoms with E-state index in [0.29, 0.717) is 13.2 Å². The highest BCUT2D eigenvalue weighted by atomic mass is 19.4. The Kier molecular flexibility index (Phi) is 11.9. The van der Waals surface area contributed by atoms with Crippen LogP contribution in [0.3, 0.4) is 0 Å². The summed E-state index contributed by atoms with van der Waals surface area (Å²) in [7, 11) is 0. The van der Waals surface area contributed by atoms with Crippen molar-refractivity contribution < 1.29 is 32.2 Å². The molecule has 0 bridgehead atoms. The highest BCUT2D eigenvalue weighted by molar-refractivity contribution is 5.81. The van der Waals surface area contributed by atoms with Gasteiger partial charge in [-0.25, -0.2) is 9.59 Å². The summed E-state index contributed by atoms with van der Waals surface area (Å²) in [5.74, 6) is -0.865. The average molecular weight is 565 g/mol. The normalized spacial score (nSPS) is 11.1. The van der Waals surface area contributed by atoms with E-state index >= 15 is 0 Å². The van der Waals surface area contributed by atoms with Crippen LogP contribution in [-0.4, -0.2) is 31.3 Å². The number of halogens is 3. The number of aryl methyl sites for hydroxylation is 2. The molecule has 3 aromatic rings. The lowest BCUT2D eigenvalue weighted by atomic mass is 9.93. The summed E-state index contributed by atoms with van der Waals surface area (Å²) < 4.78 is 50.0. The van der Waals surface area contributed by atoms with Gasteiger partial charge in [0.15, 0.2) is 0 Å². The third kappa shape index (κ3) is 11.1. The quantitative estimate of drug-likeness (QED) is 0.106. The van der Waals surface area contributed by atoms with Crippen LogP contribution < -0.4 is 0 Å². The van der Waals surface area contributed by atoms with Crippen molar-refractivity contribution in [3.8, 4) is 22.3 Å². The van der Waals surface area contributed by atoms with Crippen molar-refractivity contribution in [1.82, 2.24) is 0 Å². The van der Waals surface area contributed by atoms with Crippen LogP contribution in [0, 0.1) is 0 Å². The molecule has 0 aliphatic carbocycles. The number of esters is 2. The Morgan fingerprint density at radius 2 is 1.02 bits per heavy atom. The van der Waals surface area contributed by atoms with Gasteiger partial charge in [-0.15, -0.1) is 0 Å². The van der Waals surface area contributed by atoms with Crippen molar-refractivity contribution in [1.29, 1.82) is 0 Å². The van der Waals surface area contributed by atoms with Gasteiger partial charge in [-0.3, -0.25) is 0 Å². The number of carbonyl (C=O) groups is 2. The zero-order chi connectivity index (χ0) is 29.7. The number of rotatable bonds is 15. The molecule has 0 aliphatic heterocycles. The summed E-state index contributed by atoms with van der Waals surface area (Å²) in [6.07, 6.45) is 1.71. The Hall–Kier alpha value is -4.13. The first kappa shape index (κ1) is 31.4. The van der Waals surface area contributed by atoms with Gasteiger partial charge in [-0.2, -0.15) is 13.2 Å². The third-order valence-electron chi connectivity index (χ3n) is 6.51. The first-order chi connectivity index (χ1) is 19.7. The summed E-state index contributed by atoms with van der Waals surface area (Å²) in [5, 5.41) is 0. The summed E-state index contributed by atoms with van der Waals surface area (Å²) >= 11 is 0. The zero-order valence-electron chi connectivity index (χ0n) is 23.1. The van der Waals surface area contributed by atoms with E-state index in [9.17, 15) is 22.8 Å². The van der Waals surface area contributed by atoms with Gasteiger partial charge in [0.25, 0.3) is 0 Å². The highest BCUT2D eigenvalue weighted by Crippen LogP contribution is 2.32. The molecule has 0 radical (unpaired) electrons. The minimum absolute atomic E-state index is 0.210. The molecule has 0 amide bonds. The van der Waals surface area contributed by atoms with E-state index in [1.54, 1.807) is 12.1 Å². The minimum atomic E-state index is -4.32. The summed E-state index contributed by atoms with van der Waals surface area (Å²) in [5.41, 5.74) is 5.54. The molecule has 216 valence electrons. The van der Waals surface area contributed by atoms with Crippen molar-refractivity contribution in [3.63, 3.8) is 0 Å². The monoisotopic (exact) mass is 564 g/mol. The first-order valence-electron chi connectivity index (χ1n) is 13.6. The molecule has 0 N–H and O–H groups in total. The maximum atomic E-state index is 13.3. The average Bonchev–Trinajstić information content (AvgIpc) is 2.96. The van der Waals surface area contributed by atoms with E-state index in [1.807, 2.05) is 54.6 Å². The predicted molar refractivity (Wildman–Crippen MR) is 155 cm³/mol. The van der Waals surface area contributed by atoms with Crippen molar-refractivity contribution in [2.45, 2.75) is 51.1 Å². The molecule has 41 heavy (non-hydrogen) atoms. The number of alkyl halides is 3. The summed E-state index contributed by atoms with van der Waals surface area (Å²) in [6, 6.07) is 20.8. The van der Waals surface area contributed by atoms with Gasteiger partial charge in [0.2, 0.25) is 0 Å². The molecule has 0 spiro atoms. The van der Waals surface area contributed by atoms with Gasteiger partial charge in [0.1, 0.15) is 0 Å². The number of unbranched alkanes of at least 4 members (excludes halogenated alkanes) is 2. The Balaban J connectivity index is 1.69. The van der Waals surface area contributed by atoms with E-state index in [0.717, 1.165) is 84.1 Å². The number of ether oxygens (including phenoxy) is 2. The van der Waals surface area contributed by atoms with Crippen LogP contribution in [0.5, 0.6) is 0 Å². The number of benzene rings is 3. The lowest BCUT2D eigenvalue weighted by molar-refractivity contribution is -0.138. The molecule has 7 heteroatoms. The second-order valence-electron chi connectivity index (χ2n) is 9.76. The minimum Gasteiger partial charge on any atom is -0.463 e. The van der Waals surface area contributed by atoms with E-state index in [4.69, 9.17) is 9.47 Å². The van der Waals surface area contributed by atoms with Gasteiger partial charge in [-0.05, 0) is 83.5 Å². The molecular weight excluding hydrogens is 529 g/mol. The predicted octanol–water partition coefficient (Wildman–Crippen LogP) is 8.23. The van der Waals surface area contributed by atoms with Crippen molar-refractivity contribution in [3.05, 3.63) is 109 Å². The van der Waals surface area contributed by atoms with Gasteiger partial charge in [0.05, 0.1) is 19.6 Å². The standard InChI is InChI=1S/C34H35F3O4/c1-3-32(38)40-19-7-5-9-25-11-15-28(16-12-25)30-21-27(24-34(35,36)37)22-31(23-30)29-17-13-26(14-18-29)10-6-8-20-41-33(39)4-2/h3-4,11-18,21-23H,1-2,5-10,19-20,24H2. The van der Waals surface area contributed by atoms with Gasteiger partial charge >= 0.3 is 18.1 Å². The maximum absolute atomic E-state index is 13.3. The Morgan fingerprint density at radius 1 is 0.610 bits per heavy atom. The highest BCUT2D eigenvalue weighted by Gasteiger charge is 2.28. The Bertz CT molecular complexity index is 1220. The largest absolute Gasteiger partial charge is 0.463 e. The Morgan fingerprint density at radius 3 is 1.39 bits per heavy atom. The zero-order valence-corrected chi connectivity index (χ0v) is 23.1. The van der Waals surface area contributed by atoms with Crippen LogP contribution in [0.1, 0.15) is 42.4 Å². The van der Waals surface area contributed by atoms with Crippen molar-refractivity contribution in [2.75, 3.05) is 13.2 Å². The van der Waals surface area contributed by atoms with Crippen LogP contribution in [0.25, 0.3) is 22.3 Å². The van der Waals surface area contributed by atoms with E-state index in [1.165, 1.54) is 0 Å². The number of hydrogen-bond donors (Lipinski definition) is 0. The molecule has 0 fully saturated rings. The van der Waals surface area contributed by atoms with Crippen LogP contribution in [0.4, 0.5) is 13.2 Å². The van der Waals surface area contributed by atoms with Crippen LogP contribution >= 0.6 is 0 Å². The van der Waals surface area contributed by atoms with Crippen LogP contribution in [0.15, 0.2) is 92.0 Å². The fourth-order valence-corrected chi connectivity index (χ4v) is 4.41. The molecular formula is C34H35F3O4. The maximum Gasteiger partial charge on any atom is 0.393 e. The van der Waals surface area contributed by atoms with Crippen molar-refractivity contribution >= 4 is 11.9 Å². The van der Waals surface area contributed by atoms with E-state index in [-0.39, 0.29) is 5.56 Å². The molecule has 0 saturated heterocycles. The van der Waals surface area contributed by atoms with Gasteiger partial charge in [0, 0.05) is 12.2 Å². The SMILES string of the molecule is C=CC(=O)OCCCCc1ccc(-c2cc(CC(F)(F)F)cc(-c3ccc(CCCCOC(=O)C=C)cc3)c2)cc1. The number of carbonyl (C=O) groups excluding carboxylic acids is 2. The summed E-state index contributed by atoms with van der Waals surface area (Å²) in [6.45, 7) is 7.41. The van der Waals surface area contributed by atoms with Crippen molar-refractivity contribution in [2.24, 2.45) is 0 Å². The fraction of sp³-hybridized carbons (Fsp3) is 0.294. The molecule has 0 aromatic heterocycles. The van der Waals surface area contributed by atoms with Crippen LogP contribution in [-0.2, 0) is 38.3 Å².